The van der Waals surface area contributed by atoms with Crippen molar-refractivity contribution in [1.82, 2.24) is 24.4 Å². The Labute approximate surface area is 128 Å². The van der Waals surface area contributed by atoms with Gasteiger partial charge in [-0.1, -0.05) is 6.07 Å². The van der Waals surface area contributed by atoms with E-state index in [0.29, 0.717) is 0 Å². The van der Waals surface area contributed by atoms with Gasteiger partial charge in [0.2, 0.25) is 0 Å². The highest BCUT2D eigenvalue weighted by Crippen LogP contribution is 2.24. The smallest absolute Gasteiger partial charge is 0.131 e. The molecule has 6 heteroatoms. The van der Waals surface area contributed by atoms with Gasteiger partial charge in [0.25, 0.3) is 0 Å². The predicted molar refractivity (Wildman–Crippen MR) is 84.2 cm³/mol. The molecule has 110 valence electrons. The molecule has 3 aromatic rings. The van der Waals surface area contributed by atoms with Gasteiger partial charge in [-0.25, -0.2) is 9.97 Å². The van der Waals surface area contributed by atoms with Gasteiger partial charge < -0.3 is 14.5 Å². The zero-order chi connectivity index (χ0) is 14.5. The lowest BCUT2D eigenvalue weighted by molar-refractivity contribution is 0.524. The molecule has 5 nitrogen and oxygen atoms in total. The summed E-state index contributed by atoms with van der Waals surface area (Å²) in [6.07, 6.45) is 10.6. The lowest BCUT2D eigenvalue weighted by Crippen LogP contribution is -2.26. The Hall–Kier alpha value is -1.92. The van der Waals surface area contributed by atoms with Crippen molar-refractivity contribution in [2.75, 3.05) is 6.54 Å². The van der Waals surface area contributed by atoms with Crippen LogP contribution in [-0.2, 0) is 13.6 Å². The van der Waals surface area contributed by atoms with Crippen molar-refractivity contribution in [3.05, 3.63) is 59.3 Å². The normalized spacial score (nSPS) is 12.6. The number of thiophene rings is 1. The molecule has 1 atom stereocenters. The lowest BCUT2D eigenvalue weighted by Gasteiger charge is -2.17. The molecular formula is C15H19N5S. The first kappa shape index (κ1) is 14.0. The summed E-state index contributed by atoms with van der Waals surface area (Å²) in [5.41, 5.74) is 0. The molecule has 0 saturated heterocycles. The SMILES string of the molecule is Cn1ccnc1C(NCCCn1ccnc1)c1cccs1. The molecule has 0 spiro atoms. The Bertz CT molecular complexity index is 641. The fraction of sp³-hybridized carbons (Fsp3) is 0.333. The Morgan fingerprint density at radius 1 is 1.33 bits per heavy atom. The summed E-state index contributed by atoms with van der Waals surface area (Å²) in [5.74, 6) is 1.06. The number of aryl methyl sites for hydroxylation is 2. The third-order valence-electron chi connectivity index (χ3n) is 3.45. The van der Waals surface area contributed by atoms with Gasteiger partial charge >= 0.3 is 0 Å². The van der Waals surface area contributed by atoms with Gasteiger partial charge in [0.15, 0.2) is 0 Å². The fourth-order valence-corrected chi connectivity index (χ4v) is 3.15. The first-order chi connectivity index (χ1) is 10.3. The number of imidazole rings is 2. The first-order valence-corrected chi connectivity index (χ1v) is 7.92. The zero-order valence-electron chi connectivity index (χ0n) is 12.0. The highest BCUT2D eigenvalue weighted by Gasteiger charge is 2.18. The number of aromatic nitrogens is 4. The molecule has 3 heterocycles. The minimum Gasteiger partial charge on any atom is -0.337 e. The maximum absolute atomic E-state index is 4.49. The van der Waals surface area contributed by atoms with E-state index in [2.05, 4.69) is 41.9 Å². The van der Waals surface area contributed by atoms with Crippen molar-refractivity contribution >= 4 is 11.3 Å². The number of nitrogens with zero attached hydrogens (tertiary/aromatic N) is 4. The second-order valence-corrected chi connectivity index (χ2v) is 5.93. The molecule has 0 bridgehead atoms. The summed E-state index contributed by atoms with van der Waals surface area (Å²) in [5, 5.41) is 5.73. The van der Waals surface area contributed by atoms with Gasteiger partial charge in [-0.15, -0.1) is 11.3 Å². The van der Waals surface area contributed by atoms with Crippen molar-refractivity contribution in [3.8, 4) is 0 Å². The number of nitrogens with one attached hydrogen (secondary N) is 1. The van der Waals surface area contributed by atoms with E-state index in [-0.39, 0.29) is 6.04 Å². The van der Waals surface area contributed by atoms with E-state index < -0.39 is 0 Å². The van der Waals surface area contributed by atoms with Gasteiger partial charge in [0.1, 0.15) is 11.9 Å². The highest BCUT2D eigenvalue weighted by molar-refractivity contribution is 7.10. The highest BCUT2D eigenvalue weighted by atomic mass is 32.1. The van der Waals surface area contributed by atoms with Crippen LogP contribution in [0.25, 0.3) is 0 Å². The van der Waals surface area contributed by atoms with Crippen LogP contribution < -0.4 is 5.32 Å². The van der Waals surface area contributed by atoms with Crippen molar-refractivity contribution in [1.29, 1.82) is 0 Å². The zero-order valence-corrected chi connectivity index (χ0v) is 12.8. The first-order valence-electron chi connectivity index (χ1n) is 7.04. The van der Waals surface area contributed by atoms with E-state index in [4.69, 9.17) is 0 Å². The number of rotatable bonds is 7. The lowest BCUT2D eigenvalue weighted by atomic mass is 10.2. The van der Waals surface area contributed by atoms with Crippen LogP contribution in [0.1, 0.15) is 23.2 Å². The quantitative estimate of drug-likeness (QED) is 0.682. The third kappa shape index (κ3) is 3.40. The standard InChI is InChI=1S/C15H19N5S/c1-19-9-7-18-15(19)14(13-4-2-11-21-13)17-5-3-8-20-10-6-16-12-20/h2,4,6-7,9-12,14,17H,3,5,8H2,1H3. The molecule has 3 aromatic heterocycles. The fourth-order valence-electron chi connectivity index (χ4n) is 2.36. The maximum Gasteiger partial charge on any atom is 0.131 e. The van der Waals surface area contributed by atoms with Crippen molar-refractivity contribution < 1.29 is 0 Å². The average molecular weight is 301 g/mol. The van der Waals surface area contributed by atoms with Crippen LogP contribution in [0.3, 0.4) is 0 Å². The van der Waals surface area contributed by atoms with Crippen LogP contribution in [0.15, 0.2) is 48.6 Å². The molecule has 0 aromatic carbocycles. The van der Waals surface area contributed by atoms with Crippen LogP contribution in [0.4, 0.5) is 0 Å². The van der Waals surface area contributed by atoms with Crippen LogP contribution >= 0.6 is 11.3 Å². The monoisotopic (exact) mass is 301 g/mol. The molecule has 1 N–H and O–H groups in total. The van der Waals surface area contributed by atoms with E-state index in [0.717, 1.165) is 25.3 Å². The van der Waals surface area contributed by atoms with Crippen molar-refractivity contribution in [2.24, 2.45) is 7.05 Å². The van der Waals surface area contributed by atoms with Gasteiger partial charge in [-0.3, -0.25) is 0 Å². The molecule has 0 radical (unpaired) electrons. The Morgan fingerprint density at radius 3 is 2.95 bits per heavy atom. The van der Waals surface area contributed by atoms with E-state index in [1.54, 1.807) is 11.3 Å². The summed E-state index contributed by atoms with van der Waals surface area (Å²) in [6, 6.07) is 4.41. The number of hydrogen-bond donors (Lipinski definition) is 1. The molecule has 0 fully saturated rings. The molecular weight excluding hydrogens is 282 g/mol. The minimum absolute atomic E-state index is 0.160. The van der Waals surface area contributed by atoms with E-state index >= 15 is 0 Å². The molecule has 1 unspecified atom stereocenters. The molecule has 3 rings (SSSR count). The van der Waals surface area contributed by atoms with Gasteiger partial charge in [-0.2, -0.15) is 0 Å². The minimum atomic E-state index is 0.160. The predicted octanol–water partition coefficient (Wildman–Crippen LogP) is 2.45. The molecule has 0 aliphatic rings. The van der Waals surface area contributed by atoms with Gasteiger partial charge in [0.05, 0.1) is 6.33 Å². The Balaban J connectivity index is 1.62. The Kier molecular flexibility index (Phi) is 4.47. The van der Waals surface area contributed by atoms with E-state index in [9.17, 15) is 0 Å². The Morgan fingerprint density at radius 2 is 2.29 bits per heavy atom. The summed E-state index contributed by atoms with van der Waals surface area (Å²) in [4.78, 5) is 9.85. The van der Waals surface area contributed by atoms with Crippen molar-refractivity contribution in [3.63, 3.8) is 0 Å². The third-order valence-corrected chi connectivity index (χ3v) is 4.38. The topological polar surface area (TPSA) is 47.7 Å². The largest absolute Gasteiger partial charge is 0.337 e. The second kappa shape index (κ2) is 6.69. The molecule has 0 aliphatic heterocycles. The van der Waals surface area contributed by atoms with Crippen molar-refractivity contribution in [2.45, 2.75) is 19.0 Å². The molecule has 21 heavy (non-hydrogen) atoms. The number of hydrogen-bond acceptors (Lipinski definition) is 4. The van der Waals surface area contributed by atoms with Gasteiger partial charge in [0, 0.05) is 43.3 Å². The summed E-state index contributed by atoms with van der Waals surface area (Å²) < 4.78 is 4.18. The molecule has 0 amide bonds. The summed E-state index contributed by atoms with van der Waals surface area (Å²) in [6.45, 7) is 1.92. The van der Waals surface area contributed by atoms with E-state index in [1.807, 2.05) is 38.2 Å². The maximum atomic E-state index is 4.49. The molecule has 0 aliphatic carbocycles. The average Bonchev–Trinajstić information content (AvgIpc) is 3.21. The van der Waals surface area contributed by atoms with Crippen LogP contribution in [0, 0.1) is 0 Å². The van der Waals surface area contributed by atoms with Gasteiger partial charge in [-0.05, 0) is 24.4 Å². The molecule has 0 saturated carbocycles. The summed E-state index contributed by atoms with van der Waals surface area (Å²) in [7, 11) is 2.04. The van der Waals surface area contributed by atoms with Crippen LogP contribution in [-0.4, -0.2) is 25.6 Å². The van der Waals surface area contributed by atoms with Crippen LogP contribution in [0.2, 0.25) is 0 Å². The summed E-state index contributed by atoms with van der Waals surface area (Å²) >= 11 is 1.76. The van der Waals surface area contributed by atoms with E-state index in [1.165, 1.54) is 4.88 Å². The second-order valence-electron chi connectivity index (χ2n) is 4.95. The van der Waals surface area contributed by atoms with Crippen LogP contribution in [0.5, 0.6) is 0 Å².